The minimum Gasteiger partial charge on any atom is -0.394 e. The number of hydrogen-bond acceptors (Lipinski definition) is 4. The maximum absolute atomic E-state index is 12.2. The van der Waals surface area contributed by atoms with Gasteiger partial charge in [-0.2, -0.15) is 0 Å². The van der Waals surface area contributed by atoms with Crippen LogP contribution in [-0.2, 0) is 15.6 Å². The molecule has 0 spiro atoms. The maximum Gasteiger partial charge on any atom is 0.319 e. The van der Waals surface area contributed by atoms with E-state index in [9.17, 15) is 18.3 Å². The van der Waals surface area contributed by atoms with Crippen LogP contribution in [0, 0.1) is 0 Å². The fourth-order valence-corrected chi connectivity index (χ4v) is 3.10. The molecule has 24 heavy (non-hydrogen) atoms. The highest BCUT2D eigenvalue weighted by atomic mass is 32.2. The summed E-state index contributed by atoms with van der Waals surface area (Å²) in [5.74, 6) is -0.161. The van der Waals surface area contributed by atoms with Crippen molar-refractivity contribution in [3.05, 3.63) is 65.7 Å². The van der Waals surface area contributed by atoms with Gasteiger partial charge in [0.15, 0.2) is 9.84 Å². The van der Waals surface area contributed by atoms with E-state index in [-0.39, 0.29) is 12.4 Å². The molecule has 0 aliphatic rings. The van der Waals surface area contributed by atoms with Gasteiger partial charge >= 0.3 is 6.03 Å². The van der Waals surface area contributed by atoms with Gasteiger partial charge in [-0.05, 0) is 17.2 Å². The molecule has 1 atom stereocenters. The molecule has 0 aliphatic carbocycles. The Morgan fingerprint density at radius 3 is 2.33 bits per heavy atom. The van der Waals surface area contributed by atoms with E-state index in [0.29, 0.717) is 11.3 Å². The van der Waals surface area contributed by atoms with Crippen molar-refractivity contribution in [2.24, 2.45) is 0 Å². The number of anilines is 1. The minimum atomic E-state index is -3.22. The lowest BCUT2D eigenvalue weighted by atomic mass is 10.1. The molecule has 2 rings (SSSR count). The summed E-state index contributed by atoms with van der Waals surface area (Å²) in [5, 5.41) is 14.8. The Balaban J connectivity index is 2.10. The largest absolute Gasteiger partial charge is 0.394 e. The first-order valence-corrected chi connectivity index (χ1v) is 9.44. The molecule has 128 valence electrons. The molecule has 0 aromatic heterocycles. The third-order valence-corrected chi connectivity index (χ3v) is 4.21. The monoisotopic (exact) mass is 348 g/mol. The summed E-state index contributed by atoms with van der Waals surface area (Å²) >= 11 is 0. The molecule has 0 heterocycles. The average molecular weight is 348 g/mol. The third-order valence-electron chi connectivity index (χ3n) is 3.37. The Morgan fingerprint density at radius 2 is 1.71 bits per heavy atom. The second kappa shape index (κ2) is 7.94. The van der Waals surface area contributed by atoms with Crippen LogP contribution in [0.25, 0.3) is 0 Å². The molecule has 2 aromatic rings. The lowest BCUT2D eigenvalue weighted by Gasteiger charge is -2.18. The van der Waals surface area contributed by atoms with E-state index in [2.05, 4.69) is 10.6 Å². The van der Waals surface area contributed by atoms with Gasteiger partial charge in [-0.25, -0.2) is 13.2 Å². The van der Waals surface area contributed by atoms with Crippen molar-refractivity contribution in [1.29, 1.82) is 0 Å². The number of aliphatic hydroxyl groups is 1. The molecular formula is C17H20N2O4S. The molecule has 6 nitrogen and oxygen atoms in total. The number of carbonyl (C=O) groups is 1. The van der Waals surface area contributed by atoms with Gasteiger partial charge in [0.05, 0.1) is 18.4 Å². The van der Waals surface area contributed by atoms with Crippen LogP contribution in [0.15, 0.2) is 54.6 Å². The van der Waals surface area contributed by atoms with Gasteiger partial charge < -0.3 is 15.7 Å². The molecule has 0 unspecified atom stereocenters. The fraction of sp³-hybridized carbons (Fsp3) is 0.235. The SMILES string of the molecule is CS(=O)(=O)Cc1ccccc1NC(=O)N[C@H](CO)c1ccccc1. The van der Waals surface area contributed by atoms with E-state index in [1.165, 1.54) is 0 Å². The number of aliphatic hydroxyl groups excluding tert-OH is 1. The summed E-state index contributed by atoms with van der Waals surface area (Å²) in [4.78, 5) is 12.2. The second-order valence-corrected chi connectivity index (χ2v) is 7.61. The number of para-hydroxylation sites is 1. The Hall–Kier alpha value is -2.38. The topological polar surface area (TPSA) is 95.5 Å². The van der Waals surface area contributed by atoms with Crippen LogP contribution in [0.3, 0.4) is 0 Å². The van der Waals surface area contributed by atoms with Gasteiger partial charge in [0.2, 0.25) is 0 Å². The van der Waals surface area contributed by atoms with Gasteiger partial charge in [0.1, 0.15) is 0 Å². The van der Waals surface area contributed by atoms with Crippen molar-refractivity contribution < 1.29 is 18.3 Å². The quantitative estimate of drug-likeness (QED) is 0.745. The van der Waals surface area contributed by atoms with Gasteiger partial charge in [0.25, 0.3) is 0 Å². The Bertz CT molecular complexity index is 791. The molecule has 0 fully saturated rings. The molecule has 7 heteroatoms. The van der Waals surface area contributed by atoms with Crippen LogP contribution in [0.5, 0.6) is 0 Å². The molecule has 2 aromatic carbocycles. The van der Waals surface area contributed by atoms with Crippen LogP contribution in [0.4, 0.5) is 10.5 Å². The first kappa shape index (κ1) is 18.0. The highest BCUT2D eigenvalue weighted by molar-refractivity contribution is 7.89. The van der Waals surface area contributed by atoms with E-state index >= 15 is 0 Å². The lowest BCUT2D eigenvalue weighted by Crippen LogP contribution is -2.34. The molecule has 0 radical (unpaired) electrons. The molecule has 0 saturated heterocycles. The van der Waals surface area contributed by atoms with Gasteiger partial charge in [-0.1, -0.05) is 48.5 Å². The number of hydrogen-bond donors (Lipinski definition) is 3. The number of nitrogens with one attached hydrogen (secondary N) is 2. The number of sulfone groups is 1. The Morgan fingerprint density at radius 1 is 1.08 bits per heavy atom. The highest BCUT2D eigenvalue weighted by Crippen LogP contribution is 2.18. The zero-order valence-electron chi connectivity index (χ0n) is 13.3. The minimum absolute atomic E-state index is 0.161. The number of benzene rings is 2. The van der Waals surface area contributed by atoms with Crippen molar-refractivity contribution >= 4 is 21.6 Å². The predicted octanol–water partition coefficient (Wildman–Crippen LogP) is 2.09. The first-order valence-electron chi connectivity index (χ1n) is 7.38. The summed E-state index contributed by atoms with van der Waals surface area (Å²) in [7, 11) is -3.22. The molecular weight excluding hydrogens is 328 g/mol. The van der Waals surface area contributed by atoms with Crippen LogP contribution >= 0.6 is 0 Å². The number of rotatable bonds is 6. The summed E-state index contributed by atoms with van der Waals surface area (Å²) in [5.41, 5.74) is 1.71. The average Bonchev–Trinajstić information content (AvgIpc) is 2.54. The molecule has 0 aliphatic heterocycles. The molecule has 2 amide bonds. The molecule has 0 bridgehead atoms. The Kier molecular flexibility index (Phi) is 5.94. The van der Waals surface area contributed by atoms with E-state index in [4.69, 9.17) is 0 Å². The second-order valence-electron chi connectivity index (χ2n) is 5.47. The normalized spacial score (nSPS) is 12.4. The molecule has 0 saturated carbocycles. The first-order chi connectivity index (χ1) is 11.4. The Labute approximate surface area is 141 Å². The van der Waals surface area contributed by atoms with Crippen LogP contribution in [-0.4, -0.2) is 32.4 Å². The van der Waals surface area contributed by atoms with Crippen LogP contribution in [0.1, 0.15) is 17.2 Å². The summed E-state index contributed by atoms with van der Waals surface area (Å²) in [6.45, 7) is -0.248. The third kappa shape index (κ3) is 5.36. The van der Waals surface area contributed by atoms with Crippen molar-refractivity contribution in [2.75, 3.05) is 18.2 Å². The standard InChI is InChI=1S/C17H20N2O4S/c1-24(22,23)12-14-9-5-6-10-15(14)18-17(21)19-16(11-20)13-7-3-2-4-8-13/h2-10,16,20H,11-12H2,1H3,(H2,18,19,21)/t16-/m1/s1. The smallest absolute Gasteiger partial charge is 0.319 e. The summed E-state index contributed by atoms with van der Waals surface area (Å²) < 4.78 is 23.0. The van der Waals surface area contributed by atoms with Crippen molar-refractivity contribution in [2.45, 2.75) is 11.8 Å². The van der Waals surface area contributed by atoms with Gasteiger partial charge in [0, 0.05) is 11.9 Å². The predicted molar refractivity (Wildman–Crippen MR) is 93.4 cm³/mol. The van der Waals surface area contributed by atoms with Crippen LogP contribution in [0.2, 0.25) is 0 Å². The van der Waals surface area contributed by atoms with Crippen molar-refractivity contribution in [3.63, 3.8) is 0 Å². The number of amides is 2. The molecule has 3 N–H and O–H groups in total. The zero-order chi connectivity index (χ0) is 17.6. The number of carbonyl (C=O) groups excluding carboxylic acids is 1. The highest BCUT2D eigenvalue weighted by Gasteiger charge is 2.15. The van der Waals surface area contributed by atoms with Gasteiger partial charge in [-0.3, -0.25) is 0 Å². The van der Waals surface area contributed by atoms with E-state index in [0.717, 1.165) is 11.8 Å². The van der Waals surface area contributed by atoms with E-state index in [1.54, 1.807) is 36.4 Å². The summed E-state index contributed by atoms with van der Waals surface area (Å²) in [6.07, 6.45) is 1.14. The zero-order valence-corrected chi connectivity index (χ0v) is 14.1. The summed E-state index contributed by atoms with van der Waals surface area (Å²) in [6, 6.07) is 14.7. The maximum atomic E-state index is 12.2. The van der Waals surface area contributed by atoms with Crippen molar-refractivity contribution in [1.82, 2.24) is 5.32 Å². The van der Waals surface area contributed by atoms with Gasteiger partial charge in [-0.15, -0.1) is 0 Å². The number of urea groups is 1. The van der Waals surface area contributed by atoms with E-state index < -0.39 is 21.9 Å². The van der Waals surface area contributed by atoms with Crippen molar-refractivity contribution in [3.8, 4) is 0 Å². The fourth-order valence-electron chi connectivity index (χ4n) is 2.29. The lowest BCUT2D eigenvalue weighted by molar-refractivity contribution is 0.225. The van der Waals surface area contributed by atoms with E-state index in [1.807, 2.05) is 18.2 Å². The van der Waals surface area contributed by atoms with Crippen LogP contribution < -0.4 is 10.6 Å².